The van der Waals surface area contributed by atoms with Crippen LogP contribution in [-0.2, 0) is 9.47 Å². The lowest BCUT2D eigenvalue weighted by atomic mass is 10.1. The average Bonchev–Trinajstić information content (AvgIpc) is 2.75. The molecule has 0 aromatic rings. The molecule has 214 valence electrons. The summed E-state index contributed by atoms with van der Waals surface area (Å²) in [6.07, 6.45) is 11.7. The van der Waals surface area contributed by atoms with Crippen molar-refractivity contribution < 1.29 is 19.1 Å². The van der Waals surface area contributed by atoms with Gasteiger partial charge in [0, 0.05) is 26.2 Å². The average molecular weight is 515 g/mol. The Morgan fingerprint density at radius 3 is 0.972 bits per heavy atom. The first kappa shape index (κ1) is 34.5. The molecular formula is C28H58N4O4. The van der Waals surface area contributed by atoms with E-state index < -0.39 is 11.2 Å². The minimum Gasteiger partial charge on any atom is -0.444 e. The predicted octanol–water partition coefficient (Wildman–Crippen LogP) is 6.06. The van der Waals surface area contributed by atoms with Gasteiger partial charge in [-0.05, 0) is 93.2 Å². The number of hydrogen-bond donors (Lipinski definition) is 2. The molecule has 36 heavy (non-hydrogen) atoms. The Morgan fingerprint density at radius 2 is 0.750 bits per heavy atom. The van der Waals surface area contributed by atoms with Gasteiger partial charge in [0.15, 0.2) is 0 Å². The Bertz CT molecular complexity index is 523. The van der Waals surface area contributed by atoms with Gasteiger partial charge in [-0.15, -0.1) is 0 Å². The second kappa shape index (κ2) is 19.6. The van der Waals surface area contributed by atoms with Gasteiger partial charge in [-0.2, -0.15) is 0 Å². The number of amides is 2. The van der Waals surface area contributed by atoms with Gasteiger partial charge < -0.3 is 30.7 Å². The van der Waals surface area contributed by atoms with Crippen LogP contribution in [0, 0.1) is 0 Å². The van der Waals surface area contributed by atoms with Gasteiger partial charge in [-0.25, -0.2) is 9.59 Å². The second-order valence-corrected chi connectivity index (χ2v) is 11.8. The first-order valence-electron chi connectivity index (χ1n) is 14.3. The number of ether oxygens (including phenoxy) is 2. The molecule has 0 bridgehead atoms. The molecule has 0 saturated heterocycles. The summed E-state index contributed by atoms with van der Waals surface area (Å²) >= 11 is 0. The smallest absolute Gasteiger partial charge is 0.410 e. The van der Waals surface area contributed by atoms with Crippen molar-refractivity contribution in [3.63, 3.8) is 0 Å². The fourth-order valence-corrected chi connectivity index (χ4v) is 3.80. The van der Waals surface area contributed by atoms with Gasteiger partial charge in [0.1, 0.15) is 11.2 Å². The third-order valence-corrected chi connectivity index (χ3v) is 5.67. The molecule has 0 aromatic heterocycles. The van der Waals surface area contributed by atoms with Crippen molar-refractivity contribution >= 4 is 12.2 Å². The third-order valence-electron chi connectivity index (χ3n) is 5.67. The molecule has 0 spiro atoms. The molecule has 0 aliphatic rings. The Morgan fingerprint density at radius 1 is 0.500 bits per heavy atom. The van der Waals surface area contributed by atoms with Crippen LogP contribution in [0.25, 0.3) is 0 Å². The Hall–Kier alpha value is -1.54. The number of carbonyl (C=O) groups excluding carboxylic acids is 2. The SMILES string of the molecule is CC(C)(C)OC(=O)N(CCCCCCN)CCCCCCN(CCCCCCN)C(=O)OC(C)(C)C. The Labute approximate surface area is 221 Å². The molecule has 0 aliphatic carbocycles. The van der Waals surface area contributed by atoms with Gasteiger partial charge >= 0.3 is 12.2 Å². The zero-order chi connectivity index (χ0) is 27.5. The zero-order valence-corrected chi connectivity index (χ0v) is 24.4. The summed E-state index contributed by atoms with van der Waals surface area (Å²) in [6.45, 7) is 15.7. The number of nitrogens with two attached hydrogens (primary N) is 2. The van der Waals surface area contributed by atoms with E-state index in [9.17, 15) is 9.59 Å². The van der Waals surface area contributed by atoms with E-state index in [1.54, 1.807) is 0 Å². The molecule has 0 unspecified atom stereocenters. The molecule has 0 saturated carbocycles. The quantitative estimate of drug-likeness (QED) is 0.203. The Kier molecular flexibility index (Phi) is 18.7. The van der Waals surface area contributed by atoms with E-state index in [1.807, 2.05) is 51.3 Å². The van der Waals surface area contributed by atoms with Crippen LogP contribution in [0.5, 0.6) is 0 Å². The van der Waals surface area contributed by atoms with Gasteiger partial charge in [0.25, 0.3) is 0 Å². The van der Waals surface area contributed by atoms with Crippen molar-refractivity contribution in [2.45, 2.75) is 130 Å². The summed E-state index contributed by atoms with van der Waals surface area (Å²) in [5.74, 6) is 0. The second-order valence-electron chi connectivity index (χ2n) is 11.8. The van der Waals surface area contributed by atoms with Crippen LogP contribution in [0.1, 0.15) is 119 Å². The maximum atomic E-state index is 12.7. The fourth-order valence-electron chi connectivity index (χ4n) is 3.80. The highest BCUT2D eigenvalue weighted by atomic mass is 16.6. The molecular weight excluding hydrogens is 456 g/mol. The van der Waals surface area contributed by atoms with Gasteiger partial charge in [-0.1, -0.05) is 38.5 Å². The first-order chi connectivity index (χ1) is 16.9. The molecule has 8 heteroatoms. The topological polar surface area (TPSA) is 111 Å². The molecule has 2 amide bonds. The number of carbonyl (C=O) groups is 2. The highest BCUT2D eigenvalue weighted by Crippen LogP contribution is 2.15. The minimum absolute atomic E-state index is 0.230. The summed E-state index contributed by atoms with van der Waals surface area (Å²) in [5, 5.41) is 0. The lowest BCUT2D eigenvalue weighted by molar-refractivity contribution is 0.0226. The molecule has 0 heterocycles. The van der Waals surface area contributed by atoms with Crippen molar-refractivity contribution in [2.24, 2.45) is 11.5 Å². The van der Waals surface area contributed by atoms with Gasteiger partial charge in [0.2, 0.25) is 0 Å². The predicted molar refractivity (Wildman–Crippen MR) is 149 cm³/mol. The fraction of sp³-hybridized carbons (Fsp3) is 0.929. The number of unbranched alkanes of at least 4 members (excludes halogenated alkanes) is 9. The molecule has 0 radical (unpaired) electrons. The maximum absolute atomic E-state index is 12.7. The van der Waals surface area contributed by atoms with Crippen LogP contribution >= 0.6 is 0 Å². The van der Waals surface area contributed by atoms with Crippen LogP contribution in [-0.4, -0.2) is 72.5 Å². The highest BCUT2D eigenvalue weighted by Gasteiger charge is 2.23. The van der Waals surface area contributed by atoms with Crippen LogP contribution in [0.2, 0.25) is 0 Å². The molecule has 8 nitrogen and oxygen atoms in total. The van der Waals surface area contributed by atoms with E-state index >= 15 is 0 Å². The van der Waals surface area contributed by atoms with Crippen molar-refractivity contribution in [1.82, 2.24) is 9.80 Å². The Balaban J connectivity index is 4.55. The monoisotopic (exact) mass is 514 g/mol. The van der Waals surface area contributed by atoms with Crippen LogP contribution in [0.15, 0.2) is 0 Å². The lowest BCUT2D eigenvalue weighted by Gasteiger charge is -2.28. The summed E-state index contributed by atoms with van der Waals surface area (Å²) in [5.41, 5.74) is 10.2. The number of hydrogen-bond acceptors (Lipinski definition) is 6. The number of nitrogens with zero attached hydrogens (tertiary/aromatic N) is 2. The molecule has 4 N–H and O–H groups in total. The zero-order valence-electron chi connectivity index (χ0n) is 24.4. The summed E-state index contributed by atoms with van der Waals surface area (Å²) in [6, 6.07) is 0. The maximum Gasteiger partial charge on any atom is 0.410 e. The van der Waals surface area contributed by atoms with Crippen LogP contribution < -0.4 is 11.5 Å². The summed E-state index contributed by atoms with van der Waals surface area (Å²) in [7, 11) is 0. The van der Waals surface area contributed by atoms with E-state index in [4.69, 9.17) is 20.9 Å². The lowest BCUT2D eigenvalue weighted by Crippen LogP contribution is -2.38. The molecule has 0 fully saturated rings. The number of rotatable bonds is 19. The normalized spacial score (nSPS) is 11.9. The first-order valence-corrected chi connectivity index (χ1v) is 14.3. The summed E-state index contributed by atoms with van der Waals surface area (Å²) < 4.78 is 11.2. The van der Waals surface area contributed by atoms with Crippen LogP contribution in [0.4, 0.5) is 9.59 Å². The molecule has 0 atom stereocenters. The van der Waals surface area contributed by atoms with Crippen molar-refractivity contribution in [2.75, 3.05) is 39.3 Å². The van der Waals surface area contributed by atoms with Crippen molar-refractivity contribution in [3.05, 3.63) is 0 Å². The standard InChI is InChI=1S/C28H58N4O4/c1-27(2,3)35-25(33)31(21-15-9-7-13-19-29)23-17-11-12-18-24-32(22-16-10-8-14-20-30)26(34)36-28(4,5)6/h7-24,29-30H2,1-6H3. The molecule has 0 rings (SSSR count). The third kappa shape index (κ3) is 20.6. The van der Waals surface area contributed by atoms with Gasteiger partial charge in [-0.3, -0.25) is 0 Å². The van der Waals surface area contributed by atoms with E-state index in [0.29, 0.717) is 13.1 Å². The van der Waals surface area contributed by atoms with E-state index in [1.165, 1.54) is 0 Å². The highest BCUT2D eigenvalue weighted by molar-refractivity contribution is 5.68. The largest absolute Gasteiger partial charge is 0.444 e. The van der Waals surface area contributed by atoms with E-state index in [2.05, 4.69) is 0 Å². The minimum atomic E-state index is -0.496. The molecule has 0 aromatic carbocycles. The van der Waals surface area contributed by atoms with Crippen molar-refractivity contribution in [3.8, 4) is 0 Å². The van der Waals surface area contributed by atoms with E-state index in [0.717, 1.165) is 103 Å². The van der Waals surface area contributed by atoms with Gasteiger partial charge in [0.05, 0.1) is 0 Å². The van der Waals surface area contributed by atoms with Crippen molar-refractivity contribution in [1.29, 1.82) is 0 Å². The molecule has 0 aliphatic heterocycles. The van der Waals surface area contributed by atoms with Crippen LogP contribution in [0.3, 0.4) is 0 Å². The summed E-state index contributed by atoms with van der Waals surface area (Å²) in [4.78, 5) is 29.0. The van der Waals surface area contributed by atoms with E-state index in [-0.39, 0.29) is 12.2 Å².